The Labute approximate surface area is 140 Å². The quantitative estimate of drug-likeness (QED) is 0.688. The van der Waals surface area contributed by atoms with Crippen LogP contribution in [0.1, 0.15) is 11.5 Å². The van der Waals surface area contributed by atoms with Crippen LogP contribution in [0.5, 0.6) is 0 Å². The Kier molecular flexibility index (Phi) is 4.71. The summed E-state index contributed by atoms with van der Waals surface area (Å²) < 4.78 is 28.4. The van der Waals surface area contributed by atoms with Crippen LogP contribution in [0.15, 0.2) is 46.9 Å². The predicted octanol–water partition coefficient (Wildman–Crippen LogP) is 3.57. The number of rotatable bonds is 6. The highest BCUT2D eigenvalue weighted by Gasteiger charge is 2.33. The molecule has 0 spiro atoms. The van der Waals surface area contributed by atoms with Crippen LogP contribution in [-0.4, -0.2) is 26.3 Å². The Morgan fingerprint density at radius 3 is 2.54 bits per heavy atom. The van der Waals surface area contributed by atoms with Crippen LogP contribution in [0, 0.1) is 0 Å². The SMILES string of the molecule is CNc1oc(Cc2cccc3ccccc23)nc1P(=O)(OC)OC. The number of benzene rings is 2. The third-order valence-electron chi connectivity index (χ3n) is 3.84. The fourth-order valence-corrected chi connectivity index (χ4v) is 3.77. The van der Waals surface area contributed by atoms with Crippen LogP contribution in [0.4, 0.5) is 5.88 Å². The van der Waals surface area contributed by atoms with Crippen molar-refractivity contribution in [2.45, 2.75) is 6.42 Å². The molecule has 0 fully saturated rings. The van der Waals surface area contributed by atoms with Crippen molar-refractivity contribution in [3.63, 3.8) is 0 Å². The molecule has 1 heterocycles. The van der Waals surface area contributed by atoms with E-state index in [0.29, 0.717) is 12.3 Å². The fourth-order valence-electron chi connectivity index (χ4n) is 2.64. The second kappa shape index (κ2) is 6.77. The van der Waals surface area contributed by atoms with Gasteiger partial charge in [0.1, 0.15) is 0 Å². The van der Waals surface area contributed by atoms with Gasteiger partial charge in [0.2, 0.25) is 17.2 Å². The zero-order chi connectivity index (χ0) is 17.2. The average molecular weight is 346 g/mol. The van der Waals surface area contributed by atoms with Crippen LogP contribution in [-0.2, 0) is 20.0 Å². The van der Waals surface area contributed by atoms with E-state index < -0.39 is 7.60 Å². The lowest BCUT2D eigenvalue weighted by molar-refractivity contribution is 0.286. The van der Waals surface area contributed by atoms with E-state index in [0.717, 1.165) is 16.3 Å². The Bertz CT molecular complexity index is 893. The molecule has 0 saturated heterocycles. The van der Waals surface area contributed by atoms with Crippen molar-refractivity contribution in [3.05, 3.63) is 53.9 Å². The van der Waals surface area contributed by atoms with Gasteiger partial charge in [-0.05, 0) is 16.3 Å². The van der Waals surface area contributed by atoms with E-state index in [1.54, 1.807) is 7.05 Å². The van der Waals surface area contributed by atoms with Gasteiger partial charge in [-0.2, -0.15) is 0 Å². The van der Waals surface area contributed by atoms with Gasteiger partial charge in [0.05, 0.1) is 6.42 Å². The van der Waals surface area contributed by atoms with Crippen molar-refractivity contribution in [1.29, 1.82) is 0 Å². The van der Waals surface area contributed by atoms with Gasteiger partial charge in [-0.15, -0.1) is 0 Å². The van der Waals surface area contributed by atoms with E-state index >= 15 is 0 Å². The minimum Gasteiger partial charge on any atom is -0.424 e. The Morgan fingerprint density at radius 1 is 1.12 bits per heavy atom. The maximum absolute atomic E-state index is 12.6. The van der Waals surface area contributed by atoms with E-state index in [1.807, 2.05) is 24.3 Å². The topological polar surface area (TPSA) is 73.6 Å². The van der Waals surface area contributed by atoms with Gasteiger partial charge in [-0.3, -0.25) is 4.57 Å². The van der Waals surface area contributed by atoms with Crippen LogP contribution >= 0.6 is 7.60 Å². The van der Waals surface area contributed by atoms with Crippen molar-refractivity contribution in [2.75, 3.05) is 26.6 Å². The zero-order valence-corrected chi connectivity index (χ0v) is 14.7. The zero-order valence-electron chi connectivity index (χ0n) is 13.8. The first-order chi connectivity index (χ1) is 11.6. The summed E-state index contributed by atoms with van der Waals surface area (Å²) in [4.78, 5) is 4.35. The Balaban J connectivity index is 2.02. The number of nitrogens with zero attached hydrogens (tertiary/aromatic N) is 1. The number of aromatic nitrogens is 1. The molecule has 0 radical (unpaired) electrons. The third-order valence-corrected chi connectivity index (χ3v) is 5.63. The van der Waals surface area contributed by atoms with Gasteiger partial charge in [-0.1, -0.05) is 42.5 Å². The summed E-state index contributed by atoms with van der Waals surface area (Å²) >= 11 is 0. The first-order valence-electron chi connectivity index (χ1n) is 7.47. The highest BCUT2D eigenvalue weighted by Crippen LogP contribution is 2.47. The standard InChI is InChI=1S/C17H19N2O4P/c1-18-16-17(24(20,21-2)22-3)19-15(23-16)11-13-9-6-8-12-7-4-5-10-14(12)13/h4-10,18H,11H2,1-3H3. The maximum atomic E-state index is 12.6. The van der Waals surface area contributed by atoms with Crippen molar-refractivity contribution >= 4 is 29.7 Å². The molecule has 3 rings (SSSR count). The number of nitrogens with one attached hydrogen (secondary N) is 1. The molecule has 0 aliphatic rings. The molecule has 1 N–H and O–H groups in total. The highest BCUT2D eigenvalue weighted by atomic mass is 31.2. The summed E-state index contributed by atoms with van der Waals surface area (Å²) in [7, 11) is 0.825. The predicted molar refractivity (Wildman–Crippen MR) is 94.1 cm³/mol. The Morgan fingerprint density at radius 2 is 1.83 bits per heavy atom. The maximum Gasteiger partial charge on any atom is 0.384 e. The molecule has 0 amide bonds. The van der Waals surface area contributed by atoms with Crippen LogP contribution in [0.3, 0.4) is 0 Å². The number of fused-ring (bicyclic) bond motifs is 1. The third kappa shape index (κ3) is 2.96. The number of hydrogen-bond donors (Lipinski definition) is 1. The molecule has 0 bridgehead atoms. The van der Waals surface area contributed by atoms with E-state index in [1.165, 1.54) is 14.2 Å². The van der Waals surface area contributed by atoms with Crippen LogP contribution in [0.2, 0.25) is 0 Å². The molecule has 1 aromatic heterocycles. The molecule has 0 atom stereocenters. The summed E-state index contributed by atoms with van der Waals surface area (Å²) in [6, 6.07) is 14.2. The average Bonchev–Trinajstić information content (AvgIpc) is 3.05. The first kappa shape index (κ1) is 16.7. The van der Waals surface area contributed by atoms with Crippen molar-refractivity contribution in [2.24, 2.45) is 0 Å². The van der Waals surface area contributed by atoms with E-state index in [4.69, 9.17) is 13.5 Å². The minimum atomic E-state index is -3.49. The molecule has 2 aromatic carbocycles. The monoisotopic (exact) mass is 346 g/mol. The first-order valence-corrected chi connectivity index (χ1v) is 9.01. The van der Waals surface area contributed by atoms with Gasteiger partial charge < -0.3 is 18.8 Å². The van der Waals surface area contributed by atoms with E-state index in [2.05, 4.69) is 28.5 Å². The summed E-state index contributed by atoms with van der Waals surface area (Å²) in [6.07, 6.45) is 0.476. The Hall–Kier alpha value is -2.14. The second-order valence-corrected chi connectivity index (χ2v) is 7.34. The smallest absolute Gasteiger partial charge is 0.384 e. The molecule has 0 unspecified atom stereocenters. The van der Waals surface area contributed by atoms with Crippen molar-refractivity contribution < 1.29 is 18.0 Å². The molecular formula is C17H19N2O4P. The van der Waals surface area contributed by atoms with Gasteiger partial charge in [-0.25, -0.2) is 4.98 Å². The molecule has 0 aliphatic heterocycles. The summed E-state index contributed by atoms with van der Waals surface area (Å²) in [5, 5.41) is 5.13. The molecule has 7 heteroatoms. The van der Waals surface area contributed by atoms with Crippen LogP contribution < -0.4 is 10.8 Å². The molecule has 0 saturated carbocycles. The lowest BCUT2D eigenvalue weighted by Crippen LogP contribution is -2.13. The fraction of sp³-hybridized carbons (Fsp3) is 0.235. The summed E-state index contributed by atoms with van der Waals surface area (Å²) in [5.74, 6) is 0.734. The summed E-state index contributed by atoms with van der Waals surface area (Å²) in [5.41, 5.74) is 1.23. The van der Waals surface area contributed by atoms with Gasteiger partial charge >= 0.3 is 7.60 Å². The second-order valence-electron chi connectivity index (χ2n) is 5.19. The lowest BCUT2D eigenvalue weighted by atomic mass is 10.0. The molecular weight excluding hydrogens is 327 g/mol. The molecule has 0 aliphatic carbocycles. The van der Waals surface area contributed by atoms with Gasteiger partial charge in [0.15, 0.2) is 0 Å². The number of hydrogen-bond acceptors (Lipinski definition) is 6. The molecule has 6 nitrogen and oxygen atoms in total. The van der Waals surface area contributed by atoms with Gasteiger partial charge in [0.25, 0.3) is 0 Å². The molecule has 3 aromatic rings. The molecule has 24 heavy (non-hydrogen) atoms. The number of anilines is 1. The minimum absolute atomic E-state index is 0.158. The van der Waals surface area contributed by atoms with Crippen LogP contribution in [0.25, 0.3) is 10.8 Å². The largest absolute Gasteiger partial charge is 0.424 e. The molecule has 126 valence electrons. The van der Waals surface area contributed by atoms with Crippen molar-refractivity contribution in [3.8, 4) is 0 Å². The van der Waals surface area contributed by atoms with E-state index in [9.17, 15) is 4.57 Å². The lowest BCUT2D eigenvalue weighted by Gasteiger charge is -2.10. The normalized spacial score (nSPS) is 11.8. The highest BCUT2D eigenvalue weighted by molar-refractivity contribution is 7.62. The number of oxazole rings is 1. The van der Waals surface area contributed by atoms with Gasteiger partial charge in [0, 0.05) is 21.3 Å². The van der Waals surface area contributed by atoms with E-state index in [-0.39, 0.29) is 11.3 Å². The summed E-state index contributed by atoms with van der Waals surface area (Å²) in [6.45, 7) is 0. The van der Waals surface area contributed by atoms with Crippen molar-refractivity contribution in [1.82, 2.24) is 4.98 Å².